The monoisotopic (exact) mass is 343 g/mol. The first-order chi connectivity index (χ1) is 12.0. The number of rotatable bonds is 3. The normalized spacial score (nSPS) is 23.8. The number of carbonyl (C=O) groups is 2. The van der Waals surface area contributed by atoms with Crippen LogP contribution in [0.25, 0.3) is 11.1 Å². The van der Waals surface area contributed by atoms with Crippen molar-refractivity contribution < 1.29 is 19.2 Å². The maximum Gasteiger partial charge on any atom is 0.326 e. The lowest BCUT2D eigenvalue weighted by molar-refractivity contribution is -0.144. The van der Waals surface area contributed by atoms with E-state index < -0.39 is 12.0 Å². The number of hydrogen-bond donors (Lipinski definition) is 1. The first-order valence-electron chi connectivity index (χ1n) is 8.76. The van der Waals surface area contributed by atoms with Gasteiger partial charge in [-0.25, -0.2) is 9.78 Å². The number of fused-ring (bicyclic) bond motifs is 1. The second-order valence-corrected chi connectivity index (χ2v) is 7.30. The molecule has 0 spiro atoms. The molecule has 2 aromatic rings. The Hall–Kier alpha value is -2.44. The summed E-state index contributed by atoms with van der Waals surface area (Å²) in [4.78, 5) is 30.9. The van der Waals surface area contributed by atoms with E-state index in [4.69, 9.17) is 4.52 Å². The Morgan fingerprint density at radius 1 is 1.32 bits per heavy atom. The second-order valence-electron chi connectivity index (χ2n) is 7.30. The van der Waals surface area contributed by atoms with Crippen molar-refractivity contribution >= 4 is 23.0 Å². The van der Waals surface area contributed by atoms with Gasteiger partial charge in [0.25, 0.3) is 11.6 Å². The van der Waals surface area contributed by atoms with Crippen LogP contribution in [0.1, 0.15) is 60.3 Å². The summed E-state index contributed by atoms with van der Waals surface area (Å²) in [6, 6.07) is 1.02. The number of amides is 1. The molecule has 7 nitrogen and oxygen atoms in total. The van der Waals surface area contributed by atoms with Crippen molar-refractivity contribution in [2.24, 2.45) is 5.92 Å². The molecular weight excluding hydrogens is 322 g/mol. The van der Waals surface area contributed by atoms with E-state index in [0.29, 0.717) is 47.2 Å². The number of aromatic nitrogens is 2. The molecular formula is C18H21N3O4. The molecule has 0 aromatic carbocycles. The van der Waals surface area contributed by atoms with Crippen molar-refractivity contribution in [2.45, 2.75) is 51.5 Å². The lowest BCUT2D eigenvalue weighted by Crippen LogP contribution is -2.49. The highest BCUT2D eigenvalue weighted by Crippen LogP contribution is 2.41. The highest BCUT2D eigenvalue weighted by atomic mass is 16.5. The number of piperidine rings is 1. The fraction of sp³-hybridized carbons (Fsp3) is 0.556. The standard InChI is InChI=1S/C18H21N3O4/c1-9-5-6-21(14(7-9)18(23)24)17(22)12-8-13(11-3-4-11)19-16-15(12)10(2)20-25-16/h8-9,11,14H,3-7H2,1-2H3,(H,23,24). The number of aliphatic carboxylic acids is 1. The van der Waals surface area contributed by atoms with E-state index in [1.807, 2.05) is 13.0 Å². The number of likely N-dealkylation sites (tertiary alicyclic amines) is 1. The number of carboxylic acid groups (broad SMARTS) is 1. The number of aryl methyl sites for hydroxylation is 1. The molecule has 1 amide bonds. The molecule has 2 atom stereocenters. The quantitative estimate of drug-likeness (QED) is 0.920. The zero-order valence-corrected chi connectivity index (χ0v) is 14.4. The maximum atomic E-state index is 13.2. The largest absolute Gasteiger partial charge is 0.480 e. The Morgan fingerprint density at radius 2 is 2.08 bits per heavy atom. The van der Waals surface area contributed by atoms with Gasteiger partial charge < -0.3 is 14.5 Å². The summed E-state index contributed by atoms with van der Waals surface area (Å²) in [7, 11) is 0. The molecule has 1 aliphatic heterocycles. The lowest BCUT2D eigenvalue weighted by Gasteiger charge is -2.36. The van der Waals surface area contributed by atoms with E-state index >= 15 is 0 Å². The SMILES string of the molecule is Cc1noc2nc(C3CC3)cc(C(=O)N3CCC(C)CC3C(=O)O)c12. The van der Waals surface area contributed by atoms with Crippen LogP contribution >= 0.6 is 0 Å². The topological polar surface area (TPSA) is 96.5 Å². The smallest absolute Gasteiger partial charge is 0.326 e. The molecule has 132 valence electrons. The third-order valence-corrected chi connectivity index (χ3v) is 5.27. The molecule has 1 N–H and O–H groups in total. The zero-order valence-electron chi connectivity index (χ0n) is 14.4. The first-order valence-corrected chi connectivity index (χ1v) is 8.76. The van der Waals surface area contributed by atoms with Crippen LogP contribution < -0.4 is 0 Å². The molecule has 0 radical (unpaired) electrons. The average Bonchev–Trinajstić information content (AvgIpc) is 3.37. The van der Waals surface area contributed by atoms with Crippen molar-refractivity contribution in [3.8, 4) is 0 Å². The van der Waals surface area contributed by atoms with Gasteiger partial charge in [-0.15, -0.1) is 0 Å². The van der Waals surface area contributed by atoms with Gasteiger partial charge in [0, 0.05) is 18.2 Å². The fourth-order valence-corrected chi connectivity index (χ4v) is 3.64. The van der Waals surface area contributed by atoms with E-state index in [0.717, 1.165) is 25.0 Å². The Balaban J connectivity index is 1.78. The summed E-state index contributed by atoms with van der Waals surface area (Å²) in [6.45, 7) is 4.25. The van der Waals surface area contributed by atoms with Gasteiger partial charge in [0.1, 0.15) is 6.04 Å². The van der Waals surface area contributed by atoms with Gasteiger partial charge >= 0.3 is 5.97 Å². The van der Waals surface area contributed by atoms with Gasteiger partial charge in [-0.1, -0.05) is 12.1 Å². The van der Waals surface area contributed by atoms with E-state index in [1.54, 1.807) is 6.92 Å². The molecule has 4 rings (SSSR count). The van der Waals surface area contributed by atoms with Crippen molar-refractivity contribution in [3.05, 3.63) is 23.0 Å². The summed E-state index contributed by atoms with van der Waals surface area (Å²) in [5, 5.41) is 14.1. The fourth-order valence-electron chi connectivity index (χ4n) is 3.64. The van der Waals surface area contributed by atoms with Gasteiger partial charge in [0.15, 0.2) is 0 Å². The summed E-state index contributed by atoms with van der Waals surface area (Å²) < 4.78 is 5.29. The van der Waals surface area contributed by atoms with Gasteiger partial charge in [-0.05, 0) is 44.6 Å². The van der Waals surface area contributed by atoms with E-state index in [9.17, 15) is 14.7 Å². The van der Waals surface area contributed by atoms with Crippen LogP contribution in [0.3, 0.4) is 0 Å². The molecule has 2 aliphatic rings. The predicted octanol–water partition coefficient (Wildman–Crippen LogP) is 2.73. The molecule has 2 unspecified atom stereocenters. The third-order valence-electron chi connectivity index (χ3n) is 5.27. The van der Waals surface area contributed by atoms with Crippen LogP contribution in [0.2, 0.25) is 0 Å². The minimum atomic E-state index is -0.949. The minimum absolute atomic E-state index is 0.264. The summed E-state index contributed by atoms with van der Waals surface area (Å²) in [5.41, 5.74) is 2.27. The molecule has 7 heteroatoms. The van der Waals surface area contributed by atoms with Crippen LogP contribution in [-0.2, 0) is 4.79 Å². The highest BCUT2D eigenvalue weighted by Gasteiger charge is 2.37. The van der Waals surface area contributed by atoms with Crippen LogP contribution in [0.4, 0.5) is 0 Å². The Kier molecular flexibility index (Phi) is 3.74. The molecule has 1 saturated heterocycles. The second kappa shape index (κ2) is 5.82. The lowest BCUT2D eigenvalue weighted by atomic mass is 9.91. The van der Waals surface area contributed by atoms with Crippen molar-refractivity contribution in [3.63, 3.8) is 0 Å². The average molecular weight is 343 g/mol. The maximum absolute atomic E-state index is 13.2. The van der Waals surface area contributed by atoms with Crippen molar-refractivity contribution in [2.75, 3.05) is 6.54 Å². The summed E-state index contributed by atoms with van der Waals surface area (Å²) in [6.07, 6.45) is 3.39. The molecule has 1 saturated carbocycles. The molecule has 1 aliphatic carbocycles. The van der Waals surface area contributed by atoms with Gasteiger partial charge in [-0.2, -0.15) is 0 Å². The Bertz CT molecular complexity index is 855. The first kappa shape index (κ1) is 16.1. The molecule has 2 aromatic heterocycles. The van der Waals surface area contributed by atoms with Crippen molar-refractivity contribution in [1.82, 2.24) is 15.0 Å². The third kappa shape index (κ3) is 2.77. The Morgan fingerprint density at radius 3 is 2.76 bits per heavy atom. The van der Waals surface area contributed by atoms with Gasteiger partial charge in [0.2, 0.25) is 0 Å². The van der Waals surface area contributed by atoms with E-state index in [-0.39, 0.29) is 5.91 Å². The van der Waals surface area contributed by atoms with Crippen LogP contribution in [0.5, 0.6) is 0 Å². The summed E-state index contributed by atoms with van der Waals surface area (Å²) >= 11 is 0. The number of pyridine rings is 1. The van der Waals surface area contributed by atoms with Crippen LogP contribution in [-0.4, -0.2) is 44.6 Å². The minimum Gasteiger partial charge on any atom is -0.480 e. The number of nitrogens with zero attached hydrogens (tertiary/aromatic N) is 3. The van der Waals surface area contributed by atoms with Gasteiger partial charge in [-0.3, -0.25) is 4.79 Å². The number of carboxylic acids is 1. The number of hydrogen-bond acceptors (Lipinski definition) is 5. The highest BCUT2D eigenvalue weighted by molar-refractivity contribution is 6.07. The Labute approximate surface area is 145 Å². The molecule has 0 bridgehead atoms. The molecule has 3 heterocycles. The van der Waals surface area contributed by atoms with E-state index in [1.165, 1.54) is 4.90 Å². The molecule has 2 fully saturated rings. The van der Waals surface area contributed by atoms with Crippen LogP contribution in [0.15, 0.2) is 10.6 Å². The van der Waals surface area contributed by atoms with Crippen molar-refractivity contribution in [1.29, 1.82) is 0 Å². The van der Waals surface area contributed by atoms with Crippen LogP contribution in [0, 0.1) is 12.8 Å². The van der Waals surface area contributed by atoms with Gasteiger partial charge in [0.05, 0.1) is 16.6 Å². The zero-order chi connectivity index (χ0) is 17.7. The summed E-state index contributed by atoms with van der Waals surface area (Å²) in [5.74, 6) is -0.561. The predicted molar refractivity (Wildman–Crippen MR) is 89.4 cm³/mol. The number of carbonyl (C=O) groups excluding carboxylic acids is 1. The van der Waals surface area contributed by atoms with E-state index in [2.05, 4.69) is 10.1 Å². The molecule has 25 heavy (non-hydrogen) atoms.